The number of nitrogens with two attached hydrogens (primary N) is 1. The Balaban J connectivity index is 0.00000242. The first-order valence-electron chi connectivity index (χ1n) is 7.03. The van der Waals surface area contributed by atoms with E-state index < -0.39 is 18.1 Å². The van der Waals surface area contributed by atoms with Gasteiger partial charge in [0.2, 0.25) is 5.91 Å². The van der Waals surface area contributed by atoms with Crippen molar-refractivity contribution < 1.29 is 18.0 Å². The van der Waals surface area contributed by atoms with E-state index in [2.05, 4.69) is 0 Å². The molecule has 1 aliphatic rings. The number of nitrogens with zero attached hydrogens (tertiary/aromatic N) is 1. The molecule has 2 atom stereocenters. The lowest BCUT2D eigenvalue weighted by molar-refractivity contribution is -0.188. The summed E-state index contributed by atoms with van der Waals surface area (Å²) in [5.41, 5.74) is 6.77. The minimum absolute atomic E-state index is 0. The zero-order chi connectivity index (χ0) is 15.5. The minimum atomic E-state index is -4.24. The van der Waals surface area contributed by atoms with Crippen molar-refractivity contribution in [3.05, 3.63) is 35.9 Å². The molecule has 1 amide bonds. The molecule has 2 rings (SSSR count). The minimum Gasteiger partial charge on any atom is -0.342 e. The van der Waals surface area contributed by atoms with Gasteiger partial charge in [0.05, 0.1) is 5.92 Å². The van der Waals surface area contributed by atoms with Crippen molar-refractivity contribution >= 4 is 18.3 Å². The molecule has 1 heterocycles. The Labute approximate surface area is 134 Å². The highest BCUT2D eigenvalue weighted by Crippen LogP contribution is 2.33. The number of piperidine rings is 1. The molecule has 1 saturated heterocycles. The maximum absolute atomic E-state index is 12.7. The zero-order valence-electron chi connectivity index (χ0n) is 12.1. The van der Waals surface area contributed by atoms with Crippen molar-refractivity contribution in [2.24, 2.45) is 11.7 Å². The maximum Gasteiger partial charge on any atom is 0.393 e. The van der Waals surface area contributed by atoms with Crippen LogP contribution < -0.4 is 5.73 Å². The molecule has 0 saturated carbocycles. The topological polar surface area (TPSA) is 46.3 Å². The van der Waals surface area contributed by atoms with Gasteiger partial charge in [-0.3, -0.25) is 4.79 Å². The first-order chi connectivity index (χ1) is 9.88. The molecule has 2 unspecified atom stereocenters. The van der Waals surface area contributed by atoms with Crippen LogP contribution in [-0.2, 0) is 4.79 Å². The van der Waals surface area contributed by atoms with Crippen LogP contribution in [-0.4, -0.2) is 30.1 Å². The van der Waals surface area contributed by atoms with Gasteiger partial charge in [-0.2, -0.15) is 13.2 Å². The molecular formula is C15H20ClF3N2O. The molecule has 1 aliphatic heterocycles. The van der Waals surface area contributed by atoms with Crippen LogP contribution in [0.4, 0.5) is 13.2 Å². The monoisotopic (exact) mass is 336 g/mol. The SMILES string of the molecule is Cl.NC(CC(=O)N1CCCC(C(F)(F)F)C1)c1ccccc1. The Hall–Kier alpha value is -1.27. The standard InChI is InChI=1S/C15H19F3N2O.ClH/c16-15(17,18)12-7-4-8-20(10-12)14(21)9-13(19)11-5-2-1-3-6-11;/h1-3,5-6,12-13H,4,7-10,19H2;1H. The van der Waals surface area contributed by atoms with Crippen LogP contribution in [0, 0.1) is 5.92 Å². The van der Waals surface area contributed by atoms with Crippen LogP contribution in [0.25, 0.3) is 0 Å². The second-order valence-electron chi connectivity index (χ2n) is 5.44. The third-order valence-corrected chi connectivity index (χ3v) is 3.86. The van der Waals surface area contributed by atoms with Crippen molar-refractivity contribution in [3.63, 3.8) is 0 Å². The lowest BCUT2D eigenvalue weighted by Crippen LogP contribution is -2.45. The van der Waals surface area contributed by atoms with Gasteiger partial charge in [-0.15, -0.1) is 12.4 Å². The number of carbonyl (C=O) groups excluding carboxylic acids is 1. The van der Waals surface area contributed by atoms with E-state index in [0.29, 0.717) is 13.0 Å². The van der Waals surface area contributed by atoms with E-state index in [1.165, 1.54) is 4.90 Å². The van der Waals surface area contributed by atoms with Crippen molar-refractivity contribution in [2.45, 2.75) is 31.5 Å². The summed E-state index contributed by atoms with van der Waals surface area (Å²) >= 11 is 0. The van der Waals surface area contributed by atoms with Gasteiger partial charge in [0, 0.05) is 25.6 Å². The van der Waals surface area contributed by atoms with Gasteiger partial charge >= 0.3 is 6.18 Å². The van der Waals surface area contributed by atoms with E-state index in [0.717, 1.165) is 5.56 Å². The molecule has 3 nitrogen and oxygen atoms in total. The molecule has 0 bridgehead atoms. The van der Waals surface area contributed by atoms with Crippen LogP contribution in [0.15, 0.2) is 30.3 Å². The molecule has 1 fully saturated rings. The van der Waals surface area contributed by atoms with Crippen LogP contribution in [0.5, 0.6) is 0 Å². The Kier molecular flexibility index (Phi) is 6.68. The number of alkyl halides is 3. The Morgan fingerprint density at radius 3 is 2.55 bits per heavy atom. The second kappa shape index (κ2) is 7.83. The molecule has 0 aromatic heterocycles. The molecule has 0 aliphatic carbocycles. The molecule has 0 spiro atoms. The lowest BCUT2D eigenvalue weighted by atomic mass is 9.96. The van der Waals surface area contributed by atoms with E-state index in [9.17, 15) is 18.0 Å². The number of halogens is 4. The van der Waals surface area contributed by atoms with Crippen molar-refractivity contribution in [1.82, 2.24) is 4.90 Å². The normalized spacial score (nSPS) is 20.2. The highest BCUT2D eigenvalue weighted by Gasteiger charge is 2.42. The van der Waals surface area contributed by atoms with Crippen molar-refractivity contribution in [2.75, 3.05) is 13.1 Å². The summed E-state index contributed by atoms with van der Waals surface area (Å²) in [6, 6.07) is 8.63. The van der Waals surface area contributed by atoms with E-state index >= 15 is 0 Å². The van der Waals surface area contributed by atoms with Crippen LogP contribution in [0.3, 0.4) is 0 Å². The smallest absolute Gasteiger partial charge is 0.342 e. The van der Waals surface area contributed by atoms with Crippen molar-refractivity contribution in [3.8, 4) is 0 Å². The summed E-state index contributed by atoms with van der Waals surface area (Å²) in [5, 5.41) is 0. The first-order valence-corrected chi connectivity index (χ1v) is 7.03. The maximum atomic E-state index is 12.7. The number of hydrogen-bond donors (Lipinski definition) is 1. The molecule has 0 radical (unpaired) electrons. The Morgan fingerprint density at radius 1 is 1.32 bits per heavy atom. The van der Waals surface area contributed by atoms with E-state index in [-0.39, 0.29) is 37.7 Å². The summed E-state index contributed by atoms with van der Waals surface area (Å²) in [7, 11) is 0. The zero-order valence-corrected chi connectivity index (χ0v) is 12.9. The molecular weight excluding hydrogens is 317 g/mol. The third-order valence-electron chi connectivity index (χ3n) is 3.86. The number of carbonyl (C=O) groups is 1. The van der Waals surface area contributed by atoms with E-state index in [1.807, 2.05) is 30.3 Å². The second-order valence-corrected chi connectivity index (χ2v) is 5.44. The van der Waals surface area contributed by atoms with Gasteiger partial charge in [-0.1, -0.05) is 30.3 Å². The molecule has 1 aromatic rings. The quantitative estimate of drug-likeness (QED) is 0.920. The predicted octanol–water partition coefficient (Wildman–Crippen LogP) is 3.30. The molecule has 2 N–H and O–H groups in total. The Bertz CT molecular complexity index is 481. The number of hydrogen-bond acceptors (Lipinski definition) is 2. The van der Waals surface area contributed by atoms with Crippen LogP contribution in [0.1, 0.15) is 30.9 Å². The van der Waals surface area contributed by atoms with E-state index in [4.69, 9.17) is 5.73 Å². The summed E-state index contributed by atoms with van der Waals surface area (Å²) in [6.45, 7) is 0.136. The van der Waals surface area contributed by atoms with Gasteiger partial charge in [0.25, 0.3) is 0 Å². The summed E-state index contributed by atoms with van der Waals surface area (Å²) in [4.78, 5) is 13.4. The predicted molar refractivity (Wildman–Crippen MR) is 80.6 cm³/mol. The fourth-order valence-corrected chi connectivity index (χ4v) is 2.61. The lowest BCUT2D eigenvalue weighted by Gasteiger charge is -2.34. The largest absolute Gasteiger partial charge is 0.393 e. The summed E-state index contributed by atoms with van der Waals surface area (Å²) in [5.74, 6) is -1.72. The number of likely N-dealkylation sites (tertiary alicyclic amines) is 1. The number of benzene rings is 1. The van der Waals surface area contributed by atoms with Gasteiger partial charge in [0.15, 0.2) is 0 Å². The highest BCUT2D eigenvalue weighted by molar-refractivity contribution is 5.85. The fourth-order valence-electron chi connectivity index (χ4n) is 2.61. The third kappa shape index (κ3) is 4.88. The molecule has 1 aromatic carbocycles. The van der Waals surface area contributed by atoms with E-state index in [1.54, 1.807) is 0 Å². The summed E-state index contributed by atoms with van der Waals surface area (Å²) < 4.78 is 38.2. The van der Waals surface area contributed by atoms with Gasteiger partial charge < -0.3 is 10.6 Å². The summed E-state index contributed by atoms with van der Waals surface area (Å²) in [6.07, 6.45) is -3.72. The van der Waals surface area contributed by atoms with Gasteiger partial charge in [-0.05, 0) is 18.4 Å². The van der Waals surface area contributed by atoms with Crippen LogP contribution >= 0.6 is 12.4 Å². The van der Waals surface area contributed by atoms with Crippen molar-refractivity contribution in [1.29, 1.82) is 0 Å². The van der Waals surface area contributed by atoms with Gasteiger partial charge in [0.1, 0.15) is 0 Å². The molecule has 7 heteroatoms. The number of rotatable bonds is 3. The molecule has 22 heavy (non-hydrogen) atoms. The first kappa shape index (κ1) is 18.8. The number of amides is 1. The van der Waals surface area contributed by atoms with Gasteiger partial charge in [-0.25, -0.2) is 0 Å². The fraction of sp³-hybridized carbons (Fsp3) is 0.533. The average Bonchev–Trinajstić information content (AvgIpc) is 2.47. The Morgan fingerprint density at radius 2 is 1.95 bits per heavy atom. The average molecular weight is 337 g/mol. The van der Waals surface area contributed by atoms with Crippen LogP contribution in [0.2, 0.25) is 0 Å². The molecule has 124 valence electrons. The highest BCUT2D eigenvalue weighted by atomic mass is 35.5.